The van der Waals surface area contributed by atoms with Crippen LogP contribution in [-0.2, 0) is 16.6 Å². The van der Waals surface area contributed by atoms with E-state index in [1.54, 1.807) is 28.0 Å². The predicted molar refractivity (Wildman–Crippen MR) is 109 cm³/mol. The van der Waals surface area contributed by atoms with Crippen LogP contribution in [0, 0.1) is 0 Å². The maximum Gasteiger partial charge on any atom is 0.209 e. The number of nitrogens with one attached hydrogen (secondary N) is 3. The summed E-state index contributed by atoms with van der Waals surface area (Å²) in [4.78, 5) is 4.13. The van der Waals surface area contributed by atoms with Gasteiger partial charge in [0.1, 0.15) is 5.75 Å². The van der Waals surface area contributed by atoms with Crippen LogP contribution in [0.3, 0.4) is 0 Å². The lowest BCUT2D eigenvalue weighted by Crippen LogP contribution is -2.52. The largest absolute Gasteiger partial charge is 0.497 e. The van der Waals surface area contributed by atoms with E-state index in [1.165, 1.54) is 0 Å². The van der Waals surface area contributed by atoms with Crippen molar-refractivity contribution < 1.29 is 13.2 Å². The summed E-state index contributed by atoms with van der Waals surface area (Å²) in [7, 11) is 0.0368. The number of benzene rings is 1. The number of halogens is 1. The summed E-state index contributed by atoms with van der Waals surface area (Å²) in [6, 6.07) is 7.72. The van der Waals surface area contributed by atoms with Gasteiger partial charge in [0.05, 0.1) is 13.4 Å². The fourth-order valence-corrected chi connectivity index (χ4v) is 3.07. The van der Waals surface area contributed by atoms with Gasteiger partial charge in [0.2, 0.25) is 10.0 Å². The highest BCUT2D eigenvalue weighted by Crippen LogP contribution is 2.10. The van der Waals surface area contributed by atoms with Crippen LogP contribution in [0.2, 0.25) is 0 Å². The molecular weight excluding hydrogens is 443 g/mol. The Labute approximate surface area is 161 Å². The number of hydrogen-bond donors (Lipinski definition) is 3. The first-order valence-corrected chi connectivity index (χ1v) is 9.11. The molecule has 0 atom stereocenters. The highest BCUT2D eigenvalue weighted by Gasteiger charge is 2.22. The van der Waals surface area contributed by atoms with Gasteiger partial charge in [-0.1, -0.05) is 12.1 Å². The molecule has 0 aliphatic rings. The van der Waals surface area contributed by atoms with Gasteiger partial charge in [-0.25, -0.2) is 13.1 Å². The highest BCUT2D eigenvalue weighted by atomic mass is 127. The van der Waals surface area contributed by atoms with Gasteiger partial charge in [0.25, 0.3) is 0 Å². The molecule has 0 aliphatic heterocycles. The zero-order valence-corrected chi connectivity index (χ0v) is 17.9. The van der Waals surface area contributed by atoms with Crippen molar-refractivity contribution in [2.24, 2.45) is 4.99 Å². The van der Waals surface area contributed by atoms with Gasteiger partial charge in [-0.05, 0) is 31.5 Å². The van der Waals surface area contributed by atoms with Crippen molar-refractivity contribution in [2.45, 2.75) is 25.9 Å². The Hall–Kier alpha value is -1.07. The maximum absolute atomic E-state index is 11.3. The Balaban J connectivity index is 0.00000529. The molecule has 1 aromatic rings. The van der Waals surface area contributed by atoms with Crippen molar-refractivity contribution >= 4 is 40.0 Å². The van der Waals surface area contributed by atoms with Crippen LogP contribution in [0.1, 0.15) is 19.4 Å². The van der Waals surface area contributed by atoms with E-state index < -0.39 is 15.6 Å². The number of rotatable bonds is 7. The van der Waals surface area contributed by atoms with Crippen LogP contribution in [0.5, 0.6) is 5.75 Å². The molecule has 9 heteroatoms. The fourth-order valence-electron chi connectivity index (χ4n) is 1.99. The Morgan fingerprint density at radius 3 is 2.25 bits per heavy atom. The van der Waals surface area contributed by atoms with Crippen LogP contribution in [0.4, 0.5) is 0 Å². The van der Waals surface area contributed by atoms with Crippen LogP contribution in [-0.4, -0.2) is 46.9 Å². The molecule has 0 bridgehead atoms. The zero-order valence-electron chi connectivity index (χ0n) is 14.7. The second-order valence-electron chi connectivity index (χ2n) is 5.89. The first-order chi connectivity index (χ1) is 10.6. The molecule has 0 fully saturated rings. The number of sulfonamides is 1. The molecule has 0 amide bonds. The summed E-state index contributed by atoms with van der Waals surface area (Å²) < 4.78 is 30.4. The van der Waals surface area contributed by atoms with Crippen molar-refractivity contribution in [1.29, 1.82) is 0 Å². The molecule has 0 saturated carbocycles. The van der Waals surface area contributed by atoms with Crippen molar-refractivity contribution in [3.8, 4) is 5.75 Å². The summed E-state index contributed by atoms with van der Waals surface area (Å²) in [6.45, 7) is 4.61. The molecule has 0 heterocycles. The minimum Gasteiger partial charge on any atom is -0.497 e. The van der Waals surface area contributed by atoms with Gasteiger partial charge in [-0.15, -0.1) is 24.0 Å². The molecule has 24 heavy (non-hydrogen) atoms. The number of ether oxygens (including phenoxy) is 1. The van der Waals surface area contributed by atoms with Crippen LogP contribution >= 0.6 is 24.0 Å². The summed E-state index contributed by atoms with van der Waals surface area (Å²) in [5.74, 6) is 1.41. The molecule has 0 spiro atoms. The lowest BCUT2D eigenvalue weighted by Gasteiger charge is -2.26. The lowest BCUT2D eigenvalue weighted by atomic mass is 10.1. The van der Waals surface area contributed by atoms with E-state index in [0.717, 1.165) is 17.6 Å². The molecule has 7 nitrogen and oxygen atoms in total. The van der Waals surface area contributed by atoms with E-state index in [0.29, 0.717) is 19.0 Å². The first-order valence-electron chi connectivity index (χ1n) is 7.21. The molecule has 0 aromatic heterocycles. The highest BCUT2D eigenvalue weighted by molar-refractivity contribution is 14.0. The maximum atomic E-state index is 11.3. The van der Waals surface area contributed by atoms with Gasteiger partial charge >= 0.3 is 0 Å². The summed E-state index contributed by atoms with van der Waals surface area (Å²) in [5.41, 5.74) is 0.466. The van der Waals surface area contributed by atoms with E-state index in [4.69, 9.17) is 4.74 Å². The summed E-state index contributed by atoms with van der Waals surface area (Å²) >= 11 is 0. The summed E-state index contributed by atoms with van der Waals surface area (Å²) in [6.07, 6.45) is 1.14. The van der Waals surface area contributed by atoms with Gasteiger partial charge in [0.15, 0.2) is 5.96 Å². The minimum absolute atomic E-state index is 0. The van der Waals surface area contributed by atoms with E-state index >= 15 is 0 Å². The Bertz CT molecular complexity index is 631. The van der Waals surface area contributed by atoms with Crippen molar-refractivity contribution in [1.82, 2.24) is 15.4 Å². The molecule has 138 valence electrons. The molecule has 3 N–H and O–H groups in total. The third-order valence-corrected chi connectivity index (χ3v) is 3.93. The predicted octanol–water partition coefficient (Wildman–Crippen LogP) is 1.31. The molecule has 0 saturated heterocycles. The van der Waals surface area contributed by atoms with Crippen LogP contribution < -0.4 is 20.1 Å². The number of methoxy groups -OCH3 is 1. The van der Waals surface area contributed by atoms with E-state index in [-0.39, 0.29) is 24.0 Å². The number of guanidine groups is 1. The third kappa shape index (κ3) is 9.28. The fraction of sp³-hybridized carbons (Fsp3) is 0.533. The van der Waals surface area contributed by atoms with Gasteiger partial charge < -0.3 is 15.4 Å². The first kappa shape index (κ1) is 22.9. The monoisotopic (exact) mass is 470 g/mol. The minimum atomic E-state index is -3.26. The van der Waals surface area contributed by atoms with Gasteiger partial charge in [0, 0.05) is 25.7 Å². The Morgan fingerprint density at radius 1 is 1.21 bits per heavy atom. The summed E-state index contributed by atoms with van der Waals surface area (Å²) in [5, 5.41) is 6.29. The smallest absolute Gasteiger partial charge is 0.209 e. The molecular formula is C15H27IN4O3S. The quantitative estimate of drug-likeness (QED) is 0.318. The van der Waals surface area contributed by atoms with Crippen molar-refractivity contribution in [3.05, 3.63) is 29.8 Å². The van der Waals surface area contributed by atoms with E-state index in [2.05, 4.69) is 20.3 Å². The van der Waals surface area contributed by atoms with E-state index in [1.807, 2.05) is 24.3 Å². The standard InChI is InChI=1S/C15H26N4O3S.HI/c1-15(2,19-23(5,20)21)11-18-14(16-3)17-10-12-6-8-13(22-4)9-7-12;/h6-9,19H,10-11H2,1-5H3,(H2,16,17,18);1H. The molecule has 0 unspecified atom stereocenters. The molecule has 0 radical (unpaired) electrons. The normalized spacial score (nSPS) is 12.3. The second kappa shape index (κ2) is 10.0. The van der Waals surface area contributed by atoms with E-state index in [9.17, 15) is 8.42 Å². The molecule has 1 aromatic carbocycles. The average molecular weight is 470 g/mol. The van der Waals surface area contributed by atoms with Crippen molar-refractivity contribution in [2.75, 3.05) is 27.0 Å². The Morgan fingerprint density at radius 2 is 1.79 bits per heavy atom. The SMILES string of the molecule is CN=C(NCc1ccc(OC)cc1)NCC(C)(C)NS(C)(=O)=O.I. The zero-order chi connectivity index (χ0) is 17.5. The Kier molecular flexibility index (Phi) is 9.59. The van der Waals surface area contributed by atoms with Crippen LogP contribution in [0.25, 0.3) is 0 Å². The topological polar surface area (TPSA) is 91.8 Å². The lowest BCUT2D eigenvalue weighted by molar-refractivity contribution is 0.414. The molecule has 1 rings (SSSR count). The van der Waals surface area contributed by atoms with Crippen LogP contribution in [0.15, 0.2) is 29.3 Å². The number of hydrogen-bond acceptors (Lipinski definition) is 4. The number of nitrogens with zero attached hydrogens (tertiary/aromatic N) is 1. The van der Waals surface area contributed by atoms with Gasteiger partial charge in [-0.2, -0.15) is 0 Å². The van der Waals surface area contributed by atoms with Gasteiger partial charge in [-0.3, -0.25) is 4.99 Å². The second-order valence-corrected chi connectivity index (χ2v) is 7.63. The molecule has 0 aliphatic carbocycles. The van der Waals surface area contributed by atoms with Crippen molar-refractivity contribution in [3.63, 3.8) is 0 Å². The average Bonchev–Trinajstić information content (AvgIpc) is 2.45. The number of aliphatic imine (C=N–C) groups is 1. The third-order valence-electron chi connectivity index (χ3n) is 3.00.